The van der Waals surface area contributed by atoms with Gasteiger partial charge in [0, 0.05) is 42.9 Å². The van der Waals surface area contributed by atoms with E-state index in [0.29, 0.717) is 36.6 Å². The van der Waals surface area contributed by atoms with E-state index in [1.165, 1.54) is 10.1 Å². The average Bonchev–Trinajstić information content (AvgIpc) is 3.39. The highest BCUT2D eigenvalue weighted by Crippen LogP contribution is 2.33. The zero-order valence-corrected chi connectivity index (χ0v) is 20.1. The Balaban J connectivity index is 1.11. The first-order valence-electron chi connectivity index (χ1n) is 12.4. The molecule has 0 spiro atoms. The normalized spacial score (nSPS) is 21.3. The van der Waals surface area contributed by atoms with E-state index >= 15 is 0 Å². The van der Waals surface area contributed by atoms with Crippen LogP contribution in [0, 0.1) is 6.92 Å². The van der Waals surface area contributed by atoms with Gasteiger partial charge >= 0.3 is 0 Å². The zero-order chi connectivity index (χ0) is 25.0. The highest BCUT2D eigenvalue weighted by atomic mass is 16.2. The first-order valence-corrected chi connectivity index (χ1v) is 12.4. The summed E-state index contributed by atoms with van der Waals surface area (Å²) in [5, 5.41) is 5.35. The summed E-state index contributed by atoms with van der Waals surface area (Å²) in [7, 11) is 0. The molecule has 3 aliphatic heterocycles. The number of fused-ring (bicyclic) bond motifs is 2. The number of carbonyl (C=O) groups excluding carboxylic acids is 3. The summed E-state index contributed by atoms with van der Waals surface area (Å²) in [6.07, 6.45) is 2.58. The van der Waals surface area contributed by atoms with E-state index in [2.05, 4.69) is 26.4 Å². The molecule has 1 aromatic carbocycles. The maximum absolute atomic E-state index is 13.0. The molecule has 2 fully saturated rings. The number of aromatic nitrogens is 3. The molecule has 3 aromatic rings. The number of aromatic amines is 1. The lowest BCUT2D eigenvalue weighted by Crippen LogP contribution is -2.52. The van der Waals surface area contributed by atoms with Gasteiger partial charge in [0.25, 0.3) is 11.5 Å². The van der Waals surface area contributed by atoms with Crippen molar-refractivity contribution in [2.75, 3.05) is 13.1 Å². The third-order valence-electron chi connectivity index (χ3n) is 7.62. The number of imide groups is 1. The van der Waals surface area contributed by atoms with Crippen molar-refractivity contribution in [3.8, 4) is 0 Å². The second-order valence-corrected chi connectivity index (χ2v) is 10.1. The Bertz CT molecular complexity index is 1450. The molecule has 0 bridgehead atoms. The summed E-state index contributed by atoms with van der Waals surface area (Å²) in [4.78, 5) is 57.7. The van der Waals surface area contributed by atoms with Crippen molar-refractivity contribution in [3.63, 3.8) is 0 Å². The molecule has 1 atom stereocenters. The van der Waals surface area contributed by atoms with Crippen molar-refractivity contribution in [2.45, 2.75) is 57.7 Å². The molecular formula is C26H28N6O4. The summed E-state index contributed by atoms with van der Waals surface area (Å²) >= 11 is 0. The third-order valence-corrected chi connectivity index (χ3v) is 7.62. The lowest BCUT2D eigenvalue weighted by Gasteiger charge is -2.32. The van der Waals surface area contributed by atoms with Crippen LogP contribution in [0.2, 0.25) is 0 Å². The quantitative estimate of drug-likeness (QED) is 0.537. The highest BCUT2D eigenvalue weighted by molar-refractivity contribution is 6.05. The van der Waals surface area contributed by atoms with Crippen LogP contribution in [-0.4, -0.2) is 61.3 Å². The van der Waals surface area contributed by atoms with Gasteiger partial charge in [0.05, 0.1) is 5.69 Å². The Morgan fingerprint density at radius 2 is 1.83 bits per heavy atom. The number of likely N-dealkylation sites (tertiary alicyclic amines) is 1. The van der Waals surface area contributed by atoms with Gasteiger partial charge in [0.1, 0.15) is 6.04 Å². The molecule has 36 heavy (non-hydrogen) atoms. The predicted octanol–water partition coefficient (Wildman–Crippen LogP) is 1.47. The Hall–Kier alpha value is -3.79. The van der Waals surface area contributed by atoms with Crippen molar-refractivity contribution in [3.05, 3.63) is 68.8 Å². The van der Waals surface area contributed by atoms with Gasteiger partial charge in [-0.25, -0.2) is 9.50 Å². The smallest absolute Gasteiger partial charge is 0.272 e. The molecule has 10 nitrogen and oxygen atoms in total. The molecule has 6 rings (SSSR count). The zero-order valence-electron chi connectivity index (χ0n) is 20.1. The summed E-state index contributed by atoms with van der Waals surface area (Å²) in [5.41, 5.74) is 5.03. The fourth-order valence-electron chi connectivity index (χ4n) is 5.74. The van der Waals surface area contributed by atoms with Crippen LogP contribution in [0.1, 0.15) is 64.5 Å². The van der Waals surface area contributed by atoms with Gasteiger partial charge in [-0.3, -0.25) is 34.5 Å². The van der Waals surface area contributed by atoms with Gasteiger partial charge in [-0.05, 0) is 62.4 Å². The number of rotatable bonds is 4. The summed E-state index contributed by atoms with van der Waals surface area (Å²) < 4.78 is 1.46. The molecule has 186 valence electrons. The number of carbonyl (C=O) groups is 3. The van der Waals surface area contributed by atoms with Crippen molar-refractivity contribution in [2.24, 2.45) is 0 Å². The van der Waals surface area contributed by atoms with Gasteiger partial charge in [-0.1, -0.05) is 12.1 Å². The summed E-state index contributed by atoms with van der Waals surface area (Å²) in [5.74, 6) is -0.418. The summed E-state index contributed by atoms with van der Waals surface area (Å²) in [6, 6.07) is 8.92. The number of amides is 3. The molecule has 0 aliphatic carbocycles. The Morgan fingerprint density at radius 3 is 2.61 bits per heavy atom. The molecule has 3 aliphatic rings. The third kappa shape index (κ3) is 4.01. The summed E-state index contributed by atoms with van der Waals surface area (Å²) in [6.45, 7) is 4.74. The maximum Gasteiger partial charge on any atom is 0.272 e. The van der Waals surface area contributed by atoms with Crippen LogP contribution < -0.4 is 10.9 Å². The van der Waals surface area contributed by atoms with Crippen molar-refractivity contribution in [1.29, 1.82) is 0 Å². The topological polar surface area (TPSA) is 120 Å². The maximum atomic E-state index is 13.0. The minimum Gasteiger partial charge on any atom is -0.322 e. The van der Waals surface area contributed by atoms with Crippen LogP contribution in [0.4, 0.5) is 0 Å². The number of H-pyrrole nitrogens is 1. The number of piperidine rings is 2. The second kappa shape index (κ2) is 8.70. The standard InChI is InChI=1S/C26H28N6O4/c1-15-10-22-27-19(12-24(34)32(22)29-15)14-30-8-6-16(7-9-30)17-2-3-20-18(11-17)13-31(26(20)36)21-4-5-23(33)28-25(21)35/h2-3,10-12,16,21,29H,4-9,13-14H2,1H3,(H,28,33,35). The fraction of sp³-hybridized carbons (Fsp3) is 0.423. The SMILES string of the molecule is Cc1cc2nc(CN3CCC(c4ccc5c(c4)CN(C4CCC(=O)NC4=O)C5=O)CC3)cc(=O)n2[nH]1. The van der Waals surface area contributed by atoms with Gasteiger partial charge < -0.3 is 4.90 Å². The molecule has 2 N–H and O–H groups in total. The van der Waals surface area contributed by atoms with Crippen molar-refractivity contribution >= 4 is 23.4 Å². The first kappa shape index (κ1) is 22.7. The minimum atomic E-state index is -0.592. The van der Waals surface area contributed by atoms with Crippen LogP contribution in [0.15, 0.2) is 35.1 Å². The van der Waals surface area contributed by atoms with Crippen LogP contribution >= 0.6 is 0 Å². The van der Waals surface area contributed by atoms with Crippen LogP contribution in [0.5, 0.6) is 0 Å². The molecular weight excluding hydrogens is 460 g/mol. The van der Waals surface area contributed by atoms with E-state index in [1.807, 2.05) is 25.1 Å². The van der Waals surface area contributed by atoms with Gasteiger partial charge in [0.2, 0.25) is 11.8 Å². The van der Waals surface area contributed by atoms with E-state index in [9.17, 15) is 19.2 Å². The molecule has 3 amide bonds. The molecule has 1 unspecified atom stereocenters. The van der Waals surface area contributed by atoms with Crippen molar-refractivity contribution < 1.29 is 14.4 Å². The number of aryl methyl sites for hydroxylation is 1. The van der Waals surface area contributed by atoms with Gasteiger partial charge in [0.15, 0.2) is 5.65 Å². The lowest BCUT2D eigenvalue weighted by molar-refractivity contribution is -0.136. The Labute approximate surface area is 207 Å². The molecule has 10 heteroatoms. The number of hydrogen-bond acceptors (Lipinski definition) is 6. The lowest BCUT2D eigenvalue weighted by atomic mass is 9.88. The Kier molecular flexibility index (Phi) is 5.48. The van der Waals surface area contributed by atoms with E-state index in [1.54, 1.807) is 11.0 Å². The Morgan fingerprint density at radius 1 is 1.03 bits per heavy atom. The van der Waals surface area contributed by atoms with Crippen LogP contribution in [0.3, 0.4) is 0 Å². The molecule has 2 aromatic heterocycles. The molecule has 0 saturated carbocycles. The van der Waals surface area contributed by atoms with Crippen LogP contribution in [0.25, 0.3) is 5.65 Å². The number of hydrogen-bond donors (Lipinski definition) is 2. The van der Waals surface area contributed by atoms with Gasteiger partial charge in [-0.15, -0.1) is 0 Å². The van der Waals surface area contributed by atoms with Crippen LogP contribution in [-0.2, 0) is 22.7 Å². The highest BCUT2D eigenvalue weighted by Gasteiger charge is 2.39. The molecule has 0 radical (unpaired) electrons. The average molecular weight is 489 g/mol. The monoisotopic (exact) mass is 488 g/mol. The van der Waals surface area contributed by atoms with E-state index < -0.39 is 6.04 Å². The predicted molar refractivity (Wildman–Crippen MR) is 130 cm³/mol. The van der Waals surface area contributed by atoms with Crippen molar-refractivity contribution in [1.82, 2.24) is 29.7 Å². The van der Waals surface area contributed by atoms with E-state index in [0.717, 1.165) is 42.9 Å². The molecule has 2 saturated heterocycles. The first-order chi connectivity index (χ1) is 17.4. The fourth-order valence-corrected chi connectivity index (χ4v) is 5.74. The largest absolute Gasteiger partial charge is 0.322 e. The molecule has 5 heterocycles. The second-order valence-electron chi connectivity index (χ2n) is 10.1. The van der Waals surface area contributed by atoms with E-state index in [4.69, 9.17) is 0 Å². The van der Waals surface area contributed by atoms with E-state index in [-0.39, 0.29) is 29.7 Å². The number of nitrogens with zero attached hydrogens (tertiary/aromatic N) is 4. The van der Waals surface area contributed by atoms with Gasteiger partial charge in [-0.2, -0.15) is 0 Å². The minimum absolute atomic E-state index is 0.1000. The number of benzene rings is 1. The number of nitrogens with one attached hydrogen (secondary N) is 2.